The molecule has 1 N–H and O–H groups in total. The molecular formula is C11H13O3. The summed E-state index contributed by atoms with van der Waals surface area (Å²) in [5.41, 5.74) is 2.07. The SMILES string of the molecule is CCc1cc([CH]O)cc(C(=O)OC)c1. The zero-order chi connectivity index (χ0) is 10.6. The van der Waals surface area contributed by atoms with Gasteiger partial charge in [-0.3, -0.25) is 0 Å². The summed E-state index contributed by atoms with van der Waals surface area (Å²) >= 11 is 0. The molecule has 0 amide bonds. The van der Waals surface area contributed by atoms with Crippen LogP contribution < -0.4 is 0 Å². The van der Waals surface area contributed by atoms with Crippen LogP contribution in [0.3, 0.4) is 0 Å². The summed E-state index contributed by atoms with van der Waals surface area (Å²) < 4.78 is 4.60. The van der Waals surface area contributed by atoms with Crippen LogP contribution in [0.25, 0.3) is 0 Å². The van der Waals surface area contributed by atoms with Crippen molar-refractivity contribution in [2.75, 3.05) is 7.11 Å². The molecule has 75 valence electrons. The van der Waals surface area contributed by atoms with Crippen LogP contribution in [0.4, 0.5) is 0 Å². The first-order valence-electron chi connectivity index (χ1n) is 4.41. The largest absolute Gasteiger partial charge is 0.465 e. The Morgan fingerprint density at radius 1 is 1.50 bits per heavy atom. The topological polar surface area (TPSA) is 46.5 Å². The molecule has 0 unspecified atom stereocenters. The molecule has 3 nitrogen and oxygen atoms in total. The van der Waals surface area contributed by atoms with E-state index in [9.17, 15) is 4.79 Å². The third kappa shape index (κ3) is 2.33. The molecule has 0 aliphatic carbocycles. The van der Waals surface area contributed by atoms with E-state index in [1.54, 1.807) is 12.1 Å². The highest BCUT2D eigenvalue weighted by molar-refractivity contribution is 5.89. The molecule has 1 aromatic carbocycles. The van der Waals surface area contributed by atoms with Gasteiger partial charge in [-0.15, -0.1) is 0 Å². The van der Waals surface area contributed by atoms with E-state index in [0.717, 1.165) is 18.6 Å². The Kier molecular flexibility index (Phi) is 3.65. The average molecular weight is 193 g/mol. The minimum atomic E-state index is -0.386. The van der Waals surface area contributed by atoms with E-state index in [2.05, 4.69) is 4.74 Å². The summed E-state index contributed by atoms with van der Waals surface area (Å²) in [7, 11) is 1.34. The van der Waals surface area contributed by atoms with Crippen molar-refractivity contribution in [3.05, 3.63) is 41.5 Å². The van der Waals surface area contributed by atoms with Crippen LogP contribution in [0.1, 0.15) is 28.4 Å². The van der Waals surface area contributed by atoms with Gasteiger partial charge in [0, 0.05) is 0 Å². The van der Waals surface area contributed by atoms with Gasteiger partial charge in [-0.25, -0.2) is 4.79 Å². The van der Waals surface area contributed by atoms with Gasteiger partial charge < -0.3 is 9.84 Å². The minimum Gasteiger partial charge on any atom is -0.465 e. The fraction of sp³-hybridized carbons (Fsp3) is 0.273. The van der Waals surface area contributed by atoms with Crippen molar-refractivity contribution in [2.24, 2.45) is 0 Å². The molecule has 0 saturated heterocycles. The number of aliphatic hydroxyl groups is 1. The predicted octanol–water partition coefficient (Wildman–Crippen LogP) is 1.92. The quantitative estimate of drug-likeness (QED) is 0.746. The third-order valence-electron chi connectivity index (χ3n) is 1.99. The minimum absolute atomic E-state index is 0.386. The number of hydrogen-bond donors (Lipinski definition) is 1. The highest BCUT2D eigenvalue weighted by Crippen LogP contribution is 2.12. The predicted molar refractivity (Wildman–Crippen MR) is 52.5 cm³/mol. The number of benzene rings is 1. The molecule has 0 aliphatic heterocycles. The lowest BCUT2D eigenvalue weighted by Gasteiger charge is -2.05. The molecule has 0 saturated carbocycles. The number of rotatable bonds is 3. The van der Waals surface area contributed by atoms with E-state index in [1.807, 2.05) is 13.0 Å². The fourth-order valence-electron chi connectivity index (χ4n) is 1.23. The third-order valence-corrected chi connectivity index (χ3v) is 1.99. The lowest BCUT2D eigenvalue weighted by molar-refractivity contribution is 0.0600. The van der Waals surface area contributed by atoms with Crippen LogP contribution in [0, 0.1) is 6.61 Å². The Hall–Kier alpha value is -1.35. The van der Waals surface area contributed by atoms with Gasteiger partial charge in [0.25, 0.3) is 0 Å². The summed E-state index contributed by atoms with van der Waals surface area (Å²) in [6.07, 6.45) is 0.811. The first-order valence-corrected chi connectivity index (χ1v) is 4.41. The summed E-state index contributed by atoms with van der Waals surface area (Å²) in [4.78, 5) is 11.2. The Morgan fingerprint density at radius 2 is 2.21 bits per heavy atom. The number of ether oxygens (including phenoxy) is 1. The first kappa shape index (κ1) is 10.7. The number of methoxy groups -OCH3 is 1. The van der Waals surface area contributed by atoms with E-state index in [4.69, 9.17) is 5.11 Å². The monoisotopic (exact) mass is 193 g/mol. The summed E-state index contributed by atoms with van der Waals surface area (Å²) in [5.74, 6) is -0.386. The lowest BCUT2D eigenvalue weighted by atomic mass is 10.0. The second kappa shape index (κ2) is 4.77. The molecular weight excluding hydrogens is 180 g/mol. The highest BCUT2D eigenvalue weighted by atomic mass is 16.5. The molecule has 1 rings (SSSR count). The van der Waals surface area contributed by atoms with Gasteiger partial charge in [-0.2, -0.15) is 0 Å². The van der Waals surface area contributed by atoms with Crippen LogP contribution in [0.15, 0.2) is 18.2 Å². The number of hydrogen-bond acceptors (Lipinski definition) is 3. The van der Waals surface area contributed by atoms with Crippen molar-refractivity contribution in [3.8, 4) is 0 Å². The Labute approximate surface area is 83.3 Å². The fourth-order valence-corrected chi connectivity index (χ4v) is 1.23. The summed E-state index contributed by atoms with van der Waals surface area (Å²) in [6, 6.07) is 5.18. The molecule has 0 aliphatic rings. The van der Waals surface area contributed by atoms with Crippen molar-refractivity contribution in [2.45, 2.75) is 13.3 Å². The molecule has 3 heteroatoms. The van der Waals surface area contributed by atoms with E-state index in [0.29, 0.717) is 11.1 Å². The maximum absolute atomic E-state index is 11.2. The maximum atomic E-state index is 11.2. The van der Waals surface area contributed by atoms with Crippen molar-refractivity contribution >= 4 is 5.97 Å². The van der Waals surface area contributed by atoms with Gasteiger partial charge in [-0.05, 0) is 29.7 Å². The molecule has 0 fully saturated rings. The van der Waals surface area contributed by atoms with Crippen LogP contribution >= 0.6 is 0 Å². The van der Waals surface area contributed by atoms with E-state index in [-0.39, 0.29) is 5.97 Å². The van der Waals surface area contributed by atoms with E-state index in [1.165, 1.54) is 7.11 Å². The first-order chi connectivity index (χ1) is 6.71. The molecule has 0 heterocycles. The van der Waals surface area contributed by atoms with Crippen molar-refractivity contribution in [3.63, 3.8) is 0 Å². The second-order valence-electron chi connectivity index (χ2n) is 2.94. The second-order valence-corrected chi connectivity index (χ2v) is 2.94. The lowest BCUT2D eigenvalue weighted by Crippen LogP contribution is -2.03. The number of carbonyl (C=O) groups excluding carboxylic acids is 1. The van der Waals surface area contributed by atoms with Gasteiger partial charge in [0.1, 0.15) is 6.61 Å². The van der Waals surface area contributed by atoms with E-state index >= 15 is 0 Å². The van der Waals surface area contributed by atoms with Crippen LogP contribution in [-0.4, -0.2) is 18.2 Å². The molecule has 1 radical (unpaired) electrons. The van der Waals surface area contributed by atoms with Crippen molar-refractivity contribution < 1.29 is 14.6 Å². The number of esters is 1. The van der Waals surface area contributed by atoms with Gasteiger partial charge in [0.05, 0.1) is 12.7 Å². The standard InChI is InChI=1S/C11H13O3/c1-3-8-4-9(7-12)6-10(5-8)11(13)14-2/h4-7,12H,3H2,1-2H3. The molecule has 1 aromatic rings. The van der Waals surface area contributed by atoms with Gasteiger partial charge in [0.2, 0.25) is 0 Å². The zero-order valence-electron chi connectivity index (χ0n) is 8.28. The number of aryl methyl sites for hydroxylation is 1. The van der Waals surface area contributed by atoms with Gasteiger partial charge in [-0.1, -0.05) is 13.0 Å². The van der Waals surface area contributed by atoms with E-state index < -0.39 is 0 Å². The normalized spacial score (nSPS) is 9.93. The van der Waals surface area contributed by atoms with Crippen molar-refractivity contribution in [1.29, 1.82) is 0 Å². The molecule has 0 spiro atoms. The molecule has 14 heavy (non-hydrogen) atoms. The van der Waals surface area contributed by atoms with Gasteiger partial charge in [0.15, 0.2) is 0 Å². The Bertz CT molecular complexity index is 309. The Balaban J connectivity index is 3.10. The van der Waals surface area contributed by atoms with Crippen molar-refractivity contribution in [1.82, 2.24) is 0 Å². The smallest absolute Gasteiger partial charge is 0.337 e. The molecule has 0 atom stereocenters. The average Bonchev–Trinajstić information content (AvgIpc) is 2.27. The zero-order valence-corrected chi connectivity index (χ0v) is 8.28. The van der Waals surface area contributed by atoms with Gasteiger partial charge >= 0.3 is 5.97 Å². The van der Waals surface area contributed by atoms with Crippen LogP contribution in [0.5, 0.6) is 0 Å². The highest BCUT2D eigenvalue weighted by Gasteiger charge is 2.07. The molecule has 0 bridgehead atoms. The van der Waals surface area contributed by atoms with Crippen LogP contribution in [0.2, 0.25) is 0 Å². The number of carbonyl (C=O) groups is 1. The summed E-state index contributed by atoms with van der Waals surface area (Å²) in [5, 5.41) is 8.86. The summed E-state index contributed by atoms with van der Waals surface area (Å²) in [6.45, 7) is 2.96. The molecule has 0 aromatic heterocycles. The van der Waals surface area contributed by atoms with Crippen LogP contribution in [-0.2, 0) is 11.2 Å². The maximum Gasteiger partial charge on any atom is 0.337 e. The Morgan fingerprint density at radius 3 is 2.71 bits per heavy atom. The number of aliphatic hydroxyl groups excluding tert-OH is 1.